The molecule has 0 amide bonds. The molecule has 0 saturated heterocycles. The molecule has 18 heavy (non-hydrogen) atoms. The second-order valence-electron chi connectivity index (χ2n) is 3.48. The summed E-state index contributed by atoms with van der Waals surface area (Å²) in [6.07, 6.45) is -0.801. The summed E-state index contributed by atoms with van der Waals surface area (Å²) in [6, 6.07) is 0. The van der Waals surface area contributed by atoms with Crippen LogP contribution in [0.4, 0.5) is 0 Å². The molecule has 1 atom stereocenters. The van der Waals surface area contributed by atoms with Crippen molar-refractivity contribution in [1.82, 2.24) is 0 Å². The number of rotatable bonds is 13. The van der Waals surface area contributed by atoms with Crippen molar-refractivity contribution in [3.8, 4) is 0 Å². The largest absolute Gasteiger partial charge is 0.479 e. The molecule has 0 spiro atoms. The van der Waals surface area contributed by atoms with E-state index in [4.69, 9.17) is 29.8 Å². The molecular weight excluding hydrogens is 242 g/mol. The van der Waals surface area contributed by atoms with E-state index < -0.39 is 12.1 Å². The topological polar surface area (TPSA) is 100 Å². The smallest absolute Gasteiger partial charge is 0.332 e. The SMILES string of the molecule is CC(OCCOCCOCCOCCN)C(=O)O. The van der Waals surface area contributed by atoms with Gasteiger partial charge in [0.15, 0.2) is 6.10 Å². The number of ether oxygens (including phenoxy) is 4. The molecule has 0 aromatic rings. The van der Waals surface area contributed by atoms with Crippen LogP contribution >= 0.6 is 0 Å². The molecule has 7 heteroatoms. The maximum absolute atomic E-state index is 10.4. The van der Waals surface area contributed by atoms with E-state index in [1.807, 2.05) is 0 Å². The number of nitrogens with two attached hydrogens (primary N) is 1. The van der Waals surface area contributed by atoms with Gasteiger partial charge in [0.25, 0.3) is 0 Å². The van der Waals surface area contributed by atoms with Crippen molar-refractivity contribution in [2.24, 2.45) is 5.73 Å². The van der Waals surface area contributed by atoms with Crippen LogP contribution in [-0.4, -0.2) is 70.0 Å². The maximum Gasteiger partial charge on any atom is 0.332 e. The maximum atomic E-state index is 10.4. The molecule has 0 aliphatic rings. The lowest BCUT2D eigenvalue weighted by Crippen LogP contribution is -2.22. The lowest BCUT2D eigenvalue weighted by molar-refractivity contribution is -0.150. The Morgan fingerprint density at radius 2 is 1.44 bits per heavy atom. The number of aliphatic carboxylic acids is 1. The molecule has 1 unspecified atom stereocenters. The highest BCUT2D eigenvalue weighted by Crippen LogP contribution is 1.90. The fourth-order valence-corrected chi connectivity index (χ4v) is 0.980. The van der Waals surface area contributed by atoms with Crippen molar-refractivity contribution in [2.75, 3.05) is 52.8 Å². The molecule has 0 saturated carbocycles. The van der Waals surface area contributed by atoms with Crippen LogP contribution in [0.1, 0.15) is 6.92 Å². The minimum atomic E-state index is -0.976. The lowest BCUT2D eigenvalue weighted by Gasteiger charge is -2.09. The zero-order valence-electron chi connectivity index (χ0n) is 10.8. The van der Waals surface area contributed by atoms with Gasteiger partial charge in [-0.3, -0.25) is 0 Å². The predicted octanol–water partition coefficient (Wildman–Crippen LogP) is -0.515. The Morgan fingerprint density at radius 3 is 1.89 bits per heavy atom. The van der Waals surface area contributed by atoms with E-state index >= 15 is 0 Å². The highest BCUT2D eigenvalue weighted by atomic mass is 16.6. The Morgan fingerprint density at radius 1 is 1.00 bits per heavy atom. The molecular formula is C11H23NO6. The number of hydrogen-bond donors (Lipinski definition) is 2. The Labute approximate surface area is 107 Å². The van der Waals surface area contributed by atoms with Crippen molar-refractivity contribution < 1.29 is 28.8 Å². The van der Waals surface area contributed by atoms with Crippen molar-refractivity contribution in [1.29, 1.82) is 0 Å². The average molecular weight is 265 g/mol. The van der Waals surface area contributed by atoms with E-state index in [2.05, 4.69) is 0 Å². The first-order chi connectivity index (χ1) is 8.68. The van der Waals surface area contributed by atoms with Gasteiger partial charge in [0.1, 0.15) is 0 Å². The molecule has 0 aliphatic heterocycles. The van der Waals surface area contributed by atoms with Gasteiger partial charge in [-0.1, -0.05) is 0 Å². The van der Waals surface area contributed by atoms with Crippen LogP contribution in [0.15, 0.2) is 0 Å². The van der Waals surface area contributed by atoms with Crippen LogP contribution in [0.25, 0.3) is 0 Å². The summed E-state index contributed by atoms with van der Waals surface area (Å²) in [5.41, 5.74) is 5.24. The quantitative estimate of drug-likeness (QED) is 0.432. The third-order valence-electron chi connectivity index (χ3n) is 1.95. The van der Waals surface area contributed by atoms with E-state index in [1.54, 1.807) is 0 Å². The molecule has 0 bridgehead atoms. The summed E-state index contributed by atoms with van der Waals surface area (Å²) < 4.78 is 20.5. The third-order valence-corrected chi connectivity index (χ3v) is 1.95. The number of carboxylic acids is 1. The van der Waals surface area contributed by atoms with Gasteiger partial charge in [0.2, 0.25) is 0 Å². The fourth-order valence-electron chi connectivity index (χ4n) is 0.980. The first kappa shape index (κ1) is 17.3. The molecule has 0 radical (unpaired) electrons. The van der Waals surface area contributed by atoms with Gasteiger partial charge in [-0.2, -0.15) is 0 Å². The highest BCUT2D eigenvalue weighted by molar-refractivity contribution is 5.71. The minimum Gasteiger partial charge on any atom is -0.479 e. The first-order valence-corrected chi connectivity index (χ1v) is 5.96. The van der Waals surface area contributed by atoms with Crippen LogP contribution < -0.4 is 5.73 Å². The molecule has 0 aromatic carbocycles. The van der Waals surface area contributed by atoms with E-state index in [0.29, 0.717) is 46.2 Å². The van der Waals surface area contributed by atoms with Crippen LogP contribution in [0.5, 0.6) is 0 Å². The second-order valence-corrected chi connectivity index (χ2v) is 3.48. The van der Waals surface area contributed by atoms with Crippen LogP contribution in [0.3, 0.4) is 0 Å². The Balaban J connectivity index is 3.05. The zero-order valence-corrected chi connectivity index (χ0v) is 10.8. The number of carbonyl (C=O) groups is 1. The molecule has 0 heterocycles. The first-order valence-electron chi connectivity index (χ1n) is 5.96. The number of carboxylic acid groups (broad SMARTS) is 1. The standard InChI is InChI=1S/C11H23NO6/c1-10(11(13)14)18-9-8-17-7-6-16-5-4-15-3-2-12/h10H,2-9,12H2,1H3,(H,13,14). The second kappa shape index (κ2) is 12.7. The normalized spacial score (nSPS) is 12.6. The predicted molar refractivity (Wildman–Crippen MR) is 64.6 cm³/mol. The summed E-state index contributed by atoms with van der Waals surface area (Å²) in [6.45, 7) is 5.09. The van der Waals surface area contributed by atoms with Crippen molar-refractivity contribution >= 4 is 5.97 Å². The van der Waals surface area contributed by atoms with Gasteiger partial charge >= 0.3 is 5.97 Å². The van der Waals surface area contributed by atoms with Crippen LogP contribution in [0, 0.1) is 0 Å². The average Bonchev–Trinajstić information content (AvgIpc) is 2.35. The third kappa shape index (κ3) is 11.7. The zero-order chi connectivity index (χ0) is 13.6. The van der Waals surface area contributed by atoms with Gasteiger partial charge in [-0.05, 0) is 6.92 Å². The number of hydrogen-bond acceptors (Lipinski definition) is 6. The van der Waals surface area contributed by atoms with E-state index in [-0.39, 0.29) is 6.61 Å². The molecule has 0 aliphatic carbocycles. The summed E-state index contributed by atoms with van der Waals surface area (Å²) in [7, 11) is 0. The van der Waals surface area contributed by atoms with Crippen LogP contribution in [0.2, 0.25) is 0 Å². The van der Waals surface area contributed by atoms with Crippen molar-refractivity contribution in [2.45, 2.75) is 13.0 Å². The molecule has 0 rings (SSSR count). The van der Waals surface area contributed by atoms with Gasteiger partial charge < -0.3 is 29.8 Å². The van der Waals surface area contributed by atoms with Gasteiger partial charge in [-0.25, -0.2) is 4.79 Å². The Bertz CT molecular complexity index is 202. The highest BCUT2D eigenvalue weighted by Gasteiger charge is 2.09. The van der Waals surface area contributed by atoms with Crippen molar-refractivity contribution in [3.05, 3.63) is 0 Å². The summed E-state index contributed by atoms with van der Waals surface area (Å²) in [5.74, 6) is -0.976. The fraction of sp³-hybridized carbons (Fsp3) is 0.909. The Kier molecular flexibility index (Phi) is 12.2. The van der Waals surface area contributed by atoms with Gasteiger partial charge in [0, 0.05) is 6.54 Å². The summed E-state index contributed by atoms with van der Waals surface area (Å²) in [4.78, 5) is 10.4. The van der Waals surface area contributed by atoms with E-state index in [0.717, 1.165) is 0 Å². The van der Waals surface area contributed by atoms with Crippen molar-refractivity contribution in [3.63, 3.8) is 0 Å². The molecule has 7 nitrogen and oxygen atoms in total. The van der Waals surface area contributed by atoms with E-state index in [9.17, 15) is 4.79 Å². The summed E-state index contributed by atoms with van der Waals surface area (Å²) in [5, 5.41) is 8.54. The van der Waals surface area contributed by atoms with Gasteiger partial charge in [-0.15, -0.1) is 0 Å². The monoisotopic (exact) mass is 265 g/mol. The summed E-state index contributed by atoms with van der Waals surface area (Å²) >= 11 is 0. The Hall–Kier alpha value is -0.730. The lowest BCUT2D eigenvalue weighted by atomic mass is 10.4. The minimum absolute atomic E-state index is 0.257. The molecule has 0 aromatic heterocycles. The molecule has 3 N–H and O–H groups in total. The molecule has 0 fully saturated rings. The van der Waals surface area contributed by atoms with E-state index in [1.165, 1.54) is 6.92 Å². The van der Waals surface area contributed by atoms with Gasteiger partial charge in [0.05, 0.1) is 46.2 Å². The van der Waals surface area contributed by atoms with Crippen LogP contribution in [-0.2, 0) is 23.7 Å². The molecule has 108 valence electrons.